The number of hydrogen-bond donors (Lipinski definition) is 1. The number of Topliss-reactive ketones (excluding diaryl/α,β-unsaturated/α-hetero) is 1. The second kappa shape index (κ2) is 6.00. The summed E-state index contributed by atoms with van der Waals surface area (Å²) in [5, 5.41) is 4.51. The predicted molar refractivity (Wildman–Crippen MR) is 72.1 cm³/mol. The molecule has 1 aromatic rings. The van der Waals surface area contributed by atoms with E-state index in [0.717, 1.165) is 0 Å². The Hall–Kier alpha value is -1.36. The van der Waals surface area contributed by atoms with Gasteiger partial charge in [-0.3, -0.25) is 4.79 Å². The maximum Gasteiger partial charge on any atom is 0.407 e. The second-order valence-electron chi connectivity index (χ2n) is 5.15. The Bertz CT molecular complexity index is 406. The van der Waals surface area contributed by atoms with E-state index in [2.05, 4.69) is 5.32 Å². The summed E-state index contributed by atoms with van der Waals surface area (Å²) in [4.78, 5) is 24.0. The first kappa shape index (κ1) is 14.7. The molecule has 0 aromatic carbocycles. The lowest BCUT2D eigenvalue weighted by Gasteiger charge is -2.21. The van der Waals surface area contributed by atoms with Crippen molar-refractivity contribution in [2.75, 3.05) is 0 Å². The number of ketones is 1. The van der Waals surface area contributed by atoms with Gasteiger partial charge in [0, 0.05) is 12.5 Å². The van der Waals surface area contributed by atoms with Crippen LogP contribution in [0.25, 0.3) is 0 Å². The highest BCUT2D eigenvalue weighted by atomic mass is 32.1. The Morgan fingerprint density at radius 1 is 1.44 bits per heavy atom. The smallest absolute Gasteiger partial charge is 0.407 e. The number of carbonyl (C=O) groups excluding carboxylic acids is 2. The number of amides is 1. The van der Waals surface area contributed by atoms with Gasteiger partial charge in [0.15, 0.2) is 5.78 Å². The van der Waals surface area contributed by atoms with Crippen LogP contribution < -0.4 is 5.32 Å². The lowest BCUT2D eigenvalue weighted by atomic mass is 10.1. The number of nitrogens with one attached hydrogen (secondary N) is 1. The predicted octanol–water partition coefficient (Wildman–Crippen LogP) is 3.23. The average molecular weight is 269 g/mol. The number of ether oxygens (including phenoxy) is 1. The summed E-state index contributed by atoms with van der Waals surface area (Å²) >= 11 is 1.41. The van der Waals surface area contributed by atoms with Crippen LogP contribution in [-0.4, -0.2) is 23.5 Å². The van der Waals surface area contributed by atoms with Crippen molar-refractivity contribution in [1.29, 1.82) is 0 Å². The van der Waals surface area contributed by atoms with Gasteiger partial charge in [-0.25, -0.2) is 4.79 Å². The first-order valence-electron chi connectivity index (χ1n) is 5.84. The molecule has 0 bridgehead atoms. The molecule has 18 heavy (non-hydrogen) atoms. The van der Waals surface area contributed by atoms with Crippen molar-refractivity contribution >= 4 is 23.2 Å². The normalized spacial score (nSPS) is 12.9. The zero-order chi connectivity index (χ0) is 13.8. The first-order chi connectivity index (χ1) is 8.28. The molecule has 1 unspecified atom stereocenters. The molecule has 0 saturated carbocycles. The minimum Gasteiger partial charge on any atom is -0.444 e. The van der Waals surface area contributed by atoms with Crippen LogP contribution in [0.5, 0.6) is 0 Å². The summed E-state index contributed by atoms with van der Waals surface area (Å²) in [6.45, 7) is 7.19. The molecule has 0 radical (unpaired) electrons. The van der Waals surface area contributed by atoms with E-state index in [9.17, 15) is 9.59 Å². The molecule has 0 spiro atoms. The second-order valence-corrected chi connectivity index (χ2v) is 6.10. The van der Waals surface area contributed by atoms with Crippen molar-refractivity contribution in [3.63, 3.8) is 0 Å². The van der Waals surface area contributed by atoms with Gasteiger partial charge in [-0.05, 0) is 39.1 Å². The minimum absolute atomic E-state index is 0.0357. The maximum atomic E-state index is 11.8. The standard InChI is InChI=1S/C13H19NO3S/c1-9(14-12(16)17-13(2,3)4)8-10(15)11-6-5-7-18-11/h5-7,9H,8H2,1-4H3,(H,14,16). The molecular formula is C13H19NO3S. The van der Waals surface area contributed by atoms with Gasteiger partial charge in [0.2, 0.25) is 0 Å². The quantitative estimate of drug-likeness (QED) is 0.854. The minimum atomic E-state index is -0.526. The topological polar surface area (TPSA) is 55.4 Å². The van der Waals surface area contributed by atoms with Gasteiger partial charge >= 0.3 is 6.09 Å². The van der Waals surface area contributed by atoms with Gasteiger partial charge in [0.05, 0.1) is 4.88 Å². The van der Waals surface area contributed by atoms with Crippen LogP contribution >= 0.6 is 11.3 Å². The van der Waals surface area contributed by atoms with E-state index in [0.29, 0.717) is 4.88 Å². The third kappa shape index (κ3) is 5.31. The van der Waals surface area contributed by atoms with E-state index in [1.165, 1.54) is 11.3 Å². The maximum absolute atomic E-state index is 11.8. The average Bonchev–Trinajstić information content (AvgIpc) is 2.65. The third-order valence-corrected chi connectivity index (χ3v) is 2.96. The fourth-order valence-electron chi connectivity index (χ4n) is 1.38. The molecule has 1 atom stereocenters. The monoisotopic (exact) mass is 269 g/mol. The molecule has 0 aliphatic carbocycles. The van der Waals surface area contributed by atoms with E-state index in [-0.39, 0.29) is 18.2 Å². The Balaban J connectivity index is 2.40. The lowest BCUT2D eigenvalue weighted by Crippen LogP contribution is -2.38. The molecule has 0 saturated heterocycles. The van der Waals surface area contributed by atoms with Crippen LogP contribution in [0, 0.1) is 0 Å². The molecule has 0 fully saturated rings. The molecular weight excluding hydrogens is 250 g/mol. The van der Waals surface area contributed by atoms with E-state index in [1.54, 1.807) is 33.8 Å². The van der Waals surface area contributed by atoms with Crippen molar-refractivity contribution < 1.29 is 14.3 Å². The third-order valence-electron chi connectivity index (χ3n) is 2.05. The number of alkyl carbamates (subject to hydrolysis) is 1. The number of thiophene rings is 1. The van der Waals surface area contributed by atoms with Crippen LogP contribution in [0.1, 0.15) is 43.8 Å². The van der Waals surface area contributed by atoms with Crippen molar-refractivity contribution in [3.05, 3.63) is 22.4 Å². The van der Waals surface area contributed by atoms with Gasteiger partial charge in [-0.1, -0.05) is 6.07 Å². The Morgan fingerprint density at radius 3 is 2.61 bits per heavy atom. The van der Waals surface area contributed by atoms with Crippen molar-refractivity contribution in [3.8, 4) is 0 Å². The largest absolute Gasteiger partial charge is 0.444 e. The fraction of sp³-hybridized carbons (Fsp3) is 0.538. The molecule has 1 N–H and O–H groups in total. The SMILES string of the molecule is CC(CC(=O)c1cccs1)NC(=O)OC(C)(C)C. The van der Waals surface area contributed by atoms with Gasteiger partial charge in [-0.15, -0.1) is 11.3 Å². The Labute approximate surface area is 111 Å². The highest BCUT2D eigenvalue weighted by molar-refractivity contribution is 7.12. The van der Waals surface area contributed by atoms with E-state index < -0.39 is 11.7 Å². The highest BCUT2D eigenvalue weighted by Crippen LogP contribution is 2.13. The van der Waals surface area contributed by atoms with E-state index >= 15 is 0 Å². The van der Waals surface area contributed by atoms with Crippen LogP contribution in [0.2, 0.25) is 0 Å². The lowest BCUT2D eigenvalue weighted by molar-refractivity contribution is 0.0506. The molecule has 4 nitrogen and oxygen atoms in total. The zero-order valence-electron chi connectivity index (χ0n) is 11.1. The van der Waals surface area contributed by atoms with Crippen LogP contribution in [0.4, 0.5) is 4.79 Å². The molecule has 100 valence electrons. The Morgan fingerprint density at radius 2 is 2.11 bits per heavy atom. The van der Waals surface area contributed by atoms with Crippen LogP contribution in [0.15, 0.2) is 17.5 Å². The van der Waals surface area contributed by atoms with E-state index in [4.69, 9.17) is 4.74 Å². The zero-order valence-corrected chi connectivity index (χ0v) is 12.0. The number of rotatable bonds is 4. The van der Waals surface area contributed by atoms with Crippen molar-refractivity contribution in [2.45, 2.75) is 45.8 Å². The van der Waals surface area contributed by atoms with Crippen molar-refractivity contribution in [1.82, 2.24) is 5.32 Å². The van der Waals surface area contributed by atoms with Gasteiger partial charge < -0.3 is 10.1 Å². The van der Waals surface area contributed by atoms with E-state index in [1.807, 2.05) is 11.4 Å². The highest BCUT2D eigenvalue weighted by Gasteiger charge is 2.19. The summed E-state index contributed by atoms with van der Waals surface area (Å²) in [6, 6.07) is 3.38. The fourth-order valence-corrected chi connectivity index (χ4v) is 2.05. The van der Waals surface area contributed by atoms with Crippen LogP contribution in [0.3, 0.4) is 0 Å². The molecule has 0 aliphatic heterocycles. The number of carbonyl (C=O) groups is 2. The van der Waals surface area contributed by atoms with Gasteiger partial charge in [0.1, 0.15) is 5.60 Å². The molecule has 1 amide bonds. The molecule has 1 heterocycles. The summed E-state index contributed by atoms with van der Waals surface area (Å²) < 4.78 is 5.12. The summed E-state index contributed by atoms with van der Waals surface area (Å²) in [5.74, 6) is 0.0357. The van der Waals surface area contributed by atoms with Crippen molar-refractivity contribution in [2.24, 2.45) is 0 Å². The summed E-state index contributed by atoms with van der Waals surface area (Å²) in [6.07, 6.45) is -0.214. The number of hydrogen-bond acceptors (Lipinski definition) is 4. The molecule has 0 aliphatic rings. The summed E-state index contributed by atoms with van der Waals surface area (Å²) in [7, 11) is 0. The molecule has 1 aromatic heterocycles. The molecule has 5 heteroatoms. The first-order valence-corrected chi connectivity index (χ1v) is 6.72. The van der Waals surface area contributed by atoms with Gasteiger partial charge in [-0.2, -0.15) is 0 Å². The van der Waals surface area contributed by atoms with Gasteiger partial charge in [0.25, 0.3) is 0 Å². The Kier molecular flexibility index (Phi) is 4.90. The van der Waals surface area contributed by atoms with Crippen LogP contribution in [-0.2, 0) is 4.74 Å². The molecule has 1 rings (SSSR count). The summed E-state index contributed by atoms with van der Waals surface area (Å²) in [5.41, 5.74) is -0.526.